The molecule has 0 aromatic heterocycles. The van der Waals surface area contributed by atoms with Gasteiger partial charge in [-0.05, 0) is 30.7 Å². The van der Waals surface area contributed by atoms with Crippen molar-refractivity contribution in [2.45, 2.75) is 17.1 Å². The maximum absolute atomic E-state index is 13.1. The van der Waals surface area contributed by atoms with Gasteiger partial charge in [-0.1, -0.05) is 12.1 Å². The van der Waals surface area contributed by atoms with E-state index in [0.29, 0.717) is 4.90 Å². The lowest BCUT2D eigenvalue weighted by Gasteiger charge is -2.11. The van der Waals surface area contributed by atoms with Crippen LogP contribution in [0.3, 0.4) is 0 Å². The molecular formula is C14H11F2NO2S. The summed E-state index contributed by atoms with van der Waals surface area (Å²) in [5.41, 5.74) is 0.772. The average Bonchev–Trinajstić information content (AvgIpc) is 2.43. The van der Waals surface area contributed by atoms with Gasteiger partial charge >= 0.3 is 0 Å². The first-order chi connectivity index (χ1) is 9.47. The Balaban J connectivity index is 2.19. The predicted octanol–water partition coefficient (Wildman–Crippen LogP) is 4.73. The van der Waals surface area contributed by atoms with Crippen LogP contribution in [0.4, 0.5) is 14.5 Å². The number of hydrogen-bond acceptors (Lipinski definition) is 3. The highest BCUT2D eigenvalue weighted by atomic mass is 32.2. The molecule has 0 radical (unpaired) electrons. The molecule has 0 amide bonds. The van der Waals surface area contributed by atoms with Gasteiger partial charge in [-0.2, -0.15) is 0 Å². The highest BCUT2D eigenvalue weighted by Gasteiger charge is 2.13. The van der Waals surface area contributed by atoms with E-state index in [-0.39, 0.29) is 10.9 Å². The second kappa shape index (κ2) is 6.00. The Labute approximate surface area is 118 Å². The van der Waals surface area contributed by atoms with Crippen LogP contribution in [0.1, 0.15) is 17.7 Å². The number of hydrogen-bond donors (Lipinski definition) is 0. The largest absolute Gasteiger partial charge is 0.269 e. The van der Waals surface area contributed by atoms with Crippen molar-refractivity contribution in [1.82, 2.24) is 0 Å². The lowest BCUT2D eigenvalue weighted by atomic mass is 10.1. The van der Waals surface area contributed by atoms with Crippen LogP contribution in [0.5, 0.6) is 0 Å². The zero-order chi connectivity index (χ0) is 14.7. The first kappa shape index (κ1) is 14.5. The van der Waals surface area contributed by atoms with Gasteiger partial charge in [-0.3, -0.25) is 10.1 Å². The lowest BCUT2D eigenvalue weighted by Crippen LogP contribution is -1.93. The SMILES string of the molecule is CC(Sc1ccc(F)c(F)c1)c1cccc([N+](=O)[O-])c1. The van der Waals surface area contributed by atoms with E-state index in [1.54, 1.807) is 12.1 Å². The van der Waals surface area contributed by atoms with Crippen LogP contribution >= 0.6 is 11.8 Å². The Morgan fingerprint density at radius 2 is 1.90 bits per heavy atom. The maximum Gasteiger partial charge on any atom is 0.269 e. The van der Waals surface area contributed by atoms with E-state index in [2.05, 4.69) is 0 Å². The standard InChI is InChI=1S/C14H11F2NO2S/c1-9(10-3-2-4-11(7-10)17(18)19)20-12-5-6-13(15)14(16)8-12/h2-9H,1H3. The Morgan fingerprint density at radius 1 is 1.15 bits per heavy atom. The lowest BCUT2D eigenvalue weighted by molar-refractivity contribution is -0.384. The van der Waals surface area contributed by atoms with Gasteiger partial charge in [0.1, 0.15) is 0 Å². The van der Waals surface area contributed by atoms with E-state index in [4.69, 9.17) is 0 Å². The fraction of sp³-hybridized carbons (Fsp3) is 0.143. The predicted molar refractivity (Wildman–Crippen MR) is 73.7 cm³/mol. The van der Waals surface area contributed by atoms with Crippen molar-refractivity contribution in [3.8, 4) is 0 Å². The summed E-state index contributed by atoms with van der Waals surface area (Å²) >= 11 is 1.31. The number of benzene rings is 2. The summed E-state index contributed by atoms with van der Waals surface area (Å²) in [4.78, 5) is 10.8. The highest BCUT2D eigenvalue weighted by molar-refractivity contribution is 7.99. The Bertz CT molecular complexity index is 649. The zero-order valence-electron chi connectivity index (χ0n) is 10.5. The van der Waals surface area contributed by atoms with Gasteiger partial charge in [0.25, 0.3) is 5.69 Å². The first-order valence-electron chi connectivity index (χ1n) is 5.83. The third kappa shape index (κ3) is 3.33. The minimum absolute atomic E-state index is 0.0141. The third-order valence-corrected chi connectivity index (χ3v) is 3.91. The van der Waals surface area contributed by atoms with Crippen molar-refractivity contribution >= 4 is 17.4 Å². The molecule has 104 valence electrons. The summed E-state index contributed by atoms with van der Waals surface area (Å²) < 4.78 is 26.0. The quantitative estimate of drug-likeness (QED) is 0.465. The number of nitro benzene ring substituents is 1. The molecule has 2 aromatic carbocycles. The first-order valence-corrected chi connectivity index (χ1v) is 6.71. The van der Waals surface area contributed by atoms with E-state index in [1.807, 2.05) is 6.92 Å². The average molecular weight is 295 g/mol. The van der Waals surface area contributed by atoms with Gasteiger partial charge in [0.05, 0.1) is 4.92 Å². The van der Waals surface area contributed by atoms with Gasteiger partial charge in [0, 0.05) is 22.3 Å². The van der Waals surface area contributed by atoms with Crippen LogP contribution in [0.15, 0.2) is 47.4 Å². The summed E-state index contributed by atoms with van der Waals surface area (Å²) in [7, 11) is 0. The molecule has 20 heavy (non-hydrogen) atoms. The molecule has 3 nitrogen and oxygen atoms in total. The fourth-order valence-corrected chi connectivity index (χ4v) is 2.72. The minimum Gasteiger partial charge on any atom is -0.258 e. The van der Waals surface area contributed by atoms with E-state index in [0.717, 1.165) is 17.7 Å². The smallest absolute Gasteiger partial charge is 0.258 e. The Morgan fingerprint density at radius 3 is 2.55 bits per heavy atom. The van der Waals surface area contributed by atoms with Gasteiger partial charge in [0.2, 0.25) is 0 Å². The molecule has 0 saturated carbocycles. The Hall–Kier alpha value is -1.95. The minimum atomic E-state index is -0.902. The molecule has 0 spiro atoms. The molecule has 0 saturated heterocycles. The van der Waals surface area contributed by atoms with Crippen molar-refractivity contribution < 1.29 is 13.7 Å². The summed E-state index contributed by atoms with van der Waals surface area (Å²) in [6.07, 6.45) is 0. The van der Waals surface area contributed by atoms with E-state index < -0.39 is 16.6 Å². The summed E-state index contributed by atoms with van der Waals surface area (Å²) in [6.45, 7) is 1.85. The van der Waals surface area contributed by atoms with Gasteiger partial charge < -0.3 is 0 Å². The highest BCUT2D eigenvalue weighted by Crippen LogP contribution is 2.36. The zero-order valence-corrected chi connectivity index (χ0v) is 11.4. The number of nitrogens with zero attached hydrogens (tertiary/aromatic N) is 1. The van der Waals surface area contributed by atoms with Crippen molar-refractivity contribution in [2.75, 3.05) is 0 Å². The Kier molecular flexibility index (Phi) is 4.34. The normalized spacial score (nSPS) is 12.2. The van der Waals surface area contributed by atoms with Crippen LogP contribution in [0.2, 0.25) is 0 Å². The molecule has 0 aliphatic carbocycles. The number of rotatable bonds is 4. The maximum atomic E-state index is 13.1. The second-order valence-electron chi connectivity index (χ2n) is 4.19. The van der Waals surface area contributed by atoms with Gasteiger partial charge in [-0.15, -0.1) is 11.8 Å². The molecule has 0 aliphatic heterocycles. The number of non-ortho nitro benzene ring substituents is 1. The fourth-order valence-electron chi connectivity index (χ4n) is 1.71. The molecule has 0 N–H and O–H groups in total. The molecule has 6 heteroatoms. The summed E-state index contributed by atoms with van der Waals surface area (Å²) in [5.74, 6) is -1.79. The number of nitro groups is 1. The summed E-state index contributed by atoms with van der Waals surface area (Å²) in [6, 6.07) is 9.94. The van der Waals surface area contributed by atoms with Crippen LogP contribution < -0.4 is 0 Å². The van der Waals surface area contributed by atoms with E-state index >= 15 is 0 Å². The van der Waals surface area contributed by atoms with Crippen molar-refractivity contribution in [3.63, 3.8) is 0 Å². The molecule has 0 bridgehead atoms. The van der Waals surface area contributed by atoms with Crippen LogP contribution in [0.25, 0.3) is 0 Å². The molecule has 1 atom stereocenters. The number of halogens is 2. The molecule has 2 aromatic rings. The van der Waals surface area contributed by atoms with E-state index in [1.165, 1.54) is 30.0 Å². The molecule has 1 unspecified atom stereocenters. The summed E-state index contributed by atoms with van der Waals surface area (Å²) in [5, 5.41) is 10.6. The van der Waals surface area contributed by atoms with Crippen molar-refractivity contribution in [3.05, 3.63) is 69.8 Å². The third-order valence-electron chi connectivity index (χ3n) is 2.75. The van der Waals surface area contributed by atoms with Crippen LogP contribution in [-0.4, -0.2) is 4.92 Å². The van der Waals surface area contributed by atoms with Crippen LogP contribution in [0, 0.1) is 21.7 Å². The van der Waals surface area contributed by atoms with Crippen LogP contribution in [-0.2, 0) is 0 Å². The van der Waals surface area contributed by atoms with Crippen molar-refractivity contribution in [1.29, 1.82) is 0 Å². The van der Waals surface area contributed by atoms with Gasteiger partial charge in [-0.25, -0.2) is 8.78 Å². The van der Waals surface area contributed by atoms with E-state index in [9.17, 15) is 18.9 Å². The molecular weight excluding hydrogens is 284 g/mol. The number of thioether (sulfide) groups is 1. The monoisotopic (exact) mass is 295 g/mol. The molecule has 0 heterocycles. The van der Waals surface area contributed by atoms with Gasteiger partial charge in [0.15, 0.2) is 11.6 Å². The van der Waals surface area contributed by atoms with Crippen molar-refractivity contribution in [2.24, 2.45) is 0 Å². The second-order valence-corrected chi connectivity index (χ2v) is 5.60. The molecule has 0 aliphatic rings. The topological polar surface area (TPSA) is 43.1 Å². The molecule has 0 fully saturated rings. The molecule has 2 rings (SSSR count).